The number of rotatable bonds is 5. The predicted octanol–water partition coefficient (Wildman–Crippen LogP) is 4.04. The van der Waals surface area contributed by atoms with Gasteiger partial charge in [-0.15, -0.1) is 0 Å². The topological polar surface area (TPSA) is 29.5 Å². The zero-order chi connectivity index (χ0) is 15.3. The Morgan fingerprint density at radius 3 is 1.81 bits per heavy atom. The molecule has 0 aliphatic heterocycles. The predicted molar refractivity (Wildman–Crippen MR) is 72.6 cm³/mol. The highest BCUT2D eigenvalue weighted by Gasteiger charge is 2.32. The largest absolute Gasteiger partial charge is 0.411 e. The average Bonchev–Trinajstić information content (AvgIpc) is 2.48. The van der Waals surface area contributed by atoms with E-state index in [0.717, 1.165) is 0 Å². The average molecular weight is 296 g/mol. The van der Waals surface area contributed by atoms with Gasteiger partial charge in [-0.25, -0.2) is 0 Å². The highest BCUT2D eigenvalue weighted by molar-refractivity contribution is 5.25. The smallest absolute Gasteiger partial charge is 0.385 e. The van der Waals surface area contributed by atoms with Gasteiger partial charge in [-0.05, 0) is 11.1 Å². The van der Waals surface area contributed by atoms with Crippen molar-refractivity contribution < 1.29 is 23.0 Å². The minimum absolute atomic E-state index is 0.498. The van der Waals surface area contributed by atoms with Crippen LogP contribution in [0.2, 0.25) is 0 Å². The monoisotopic (exact) mass is 296 g/mol. The van der Waals surface area contributed by atoms with Crippen LogP contribution >= 0.6 is 0 Å². The Morgan fingerprint density at radius 2 is 1.33 bits per heavy atom. The van der Waals surface area contributed by atoms with E-state index < -0.39 is 25.0 Å². The second kappa shape index (κ2) is 6.74. The molecule has 0 amide bonds. The summed E-state index contributed by atoms with van der Waals surface area (Å²) in [5, 5.41) is 10.3. The molecule has 0 heterocycles. The third-order valence-electron chi connectivity index (χ3n) is 2.98. The number of hydrogen-bond donors (Lipinski definition) is 1. The summed E-state index contributed by atoms with van der Waals surface area (Å²) in [5.74, 6) is 0. The van der Waals surface area contributed by atoms with E-state index in [-0.39, 0.29) is 0 Å². The number of halogens is 3. The second-order valence-corrected chi connectivity index (χ2v) is 4.61. The molecule has 2 nitrogen and oxygen atoms in total. The molecule has 112 valence electrons. The Kier molecular flexibility index (Phi) is 4.98. The standard InChI is InChI=1S/C16H15F3O2/c17-16(18,19)11-21-15(13-9-5-2-6-10-13)14(20)12-7-3-1-4-8-12/h1-10,14-15,20H,11H2. The number of benzene rings is 2. The van der Waals surface area contributed by atoms with Crippen molar-refractivity contribution in [3.8, 4) is 0 Å². The van der Waals surface area contributed by atoms with Crippen molar-refractivity contribution in [1.82, 2.24) is 0 Å². The molecule has 0 saturated heterocycles. The number of aliphatic hydroxyl groups is 1. The molecule has 21 heavy (non-hydrogen) atoms. The van der Waals surface area contributed by atoms with Crippen molar-refractivity contribution in [2.45, 2.75) is 18.4 Å². The lowest BCUT2D eigenvalue weighted by atomic mass is 9.98. The van der Waals surface area contributed by atoms with Crippen molar-refractivity contribution in [2.24, 2.45) is 0 Å². The summed E-state index contributed by atoms with van der Waals surface area (Å²) in [6.45, 7) is -1.41. The Bertz CT molecular complexity index is 540. The maximum absolute atomic E-state index is 12.4. The Hall–Kier alpha value is -1.85. The first-order valence-electron chi connectivity index (χ1n) is 6.44. The quantitative estimate of drug-likeness (QED) is 0.902. The molecule has 0 spiro atoms. The van der Waals surface area contributed by atoms with E-state index in [2.05, 4.69) is 0 Å². The number of ether oxygens (including phenoxy) is 1. The normalized spacial score (nSPS) is 14.7. The Labute approximate surface area is 120 Å². The van der Waals surface area contributed by atoms with Crippen LogP contribution in [0.4, 0.5) is 13.2 Å². The molecule has 0 aliphatic carbocycles. The molecule has 0 bridgehead atoms. The van der Waals surface area contributed by atoms with Gasteiger partial charge in [0.25, 0.3) is 0 Å². The number of hydrogen-bond acceptors (Lipinski definition) is 2. The van der Waals surface area contributed by atoms with Crippen molar-refractivity contribution in [3.05, 3.63) is 71.8 Å². The first-order chi connectivity index (χ1) is 9.97. The molecule has 2 aromatic carbocycles. The lowest BCUT2D eigenvalue weighted by Gasteiger charge is -2.24. The van der Waals surface area contributed by atoms with E-state index in [9.17, 15) is 18.3 Å². The highest BCUT2D eigenvalue weighted by Crippen LogP contribution is 2.33. The molecule has 1 N–H and O–H groups in total. The van der Waals surface area contributed by atoms with Crippen LogP contribution in [0.15, 0.2) is 60.7 Å². The van der Waals surface area contributed by atoms with E-state index in [1.165, 1.54) is 0 Å². The van der Waals surface area contributed by atoms with Crippen LogP contribution in [0.3, 0.4) is 0 Å². The molecule has 2 atom stereocenters. The van der Waals surface area contributed by atoms with Gasteiger partial charge in [0.1, 0.15) is 18.8 Å². The van der Waals surface area contributed by atoms with Gasteiger partial charge in [-0.3, -0.25) is 0 Å². The summed E-state index contributed by atoms with van der Waals surface area (Å²) < 4.78 is 42.1. The van der Waals surface area contributed by atoms with Crippen molar-refractivity contribution in [3.63, 3.8) is 0 Å². The molecule has 2 rings (SSSR count). The first kappa shape index (κ1) is 15.5. The first-order valence-corrected chi connectivity index (χ1v) is 6.44. The van der Waals surface area contributed by atoms with E-state index in [4.69, 9.17) is 4.74 Å². The molecule has 0 fully saturated rings. The van der Waals surface area contributed by atoms with Crippen LogP contribution in [0.1, 0.15) is 23.3 Å². The van der Waals surface area contributed by atoms with Gasteiger partial charge in [-0.1, -0.05) is 60.7 Å². The zero-order valence-corrected chi connectivity index (χ0v) is 11.1. The summed E-state index contributed by atoms with van der Waals surface area (Å²) >= 11 is 0. The fraction of sp³-hybridized carbons (Fsp3) is 0.250. The van der Waals surface area contributed by atoms with Crippen LogP contribution in [0.5, 0.6) is 0 Å². The zero-order valence-electron chi connectivity index (χ0n) is 11.1. The Balaban J connectivity index is 2.23. The third-order valence-corrected chi connectivity index (χ3v) is 2.98. The second-order valence-electron chi connectivity index (χ2n) is 4.61. The third kappa shape index (κ3) is 4.58. The highest BCUT2D eigenvalue weighted by atomic mass is 19.4. The van der Waals surface area contributed by atoms with Crippen LogP contribution in [-0.2, 0) is 4.74 Å². The summed E-state index contributed by atoms with van der Waals surface area (Å²) in [4.78, 5) is 0. The molecule has 0 aliphatic rings. The number of aliphatic hydroxyl groups excluding tert-OH is 1. The van der Waals surface area contributed by atoms with Gasteiger partial charge in [-0.2, -0.15) is 13.2 Å². The maximum atomic E-state index is 12.4. The van der Waals surface area contributed by atoms with Gasteiger partial charge in [0, 0.05) is 0 Å². The maximum Gasteiger partial charge on any atom is 0.411 e. The molecule has 0 aromatic heterocycles. The number of alkyl halides is 3. The van der Waals surface area contributed by atoms with Crippen LogP contribution in [0.25, 0.3) is 0 Å². The minimum atomic E-state index is -4.44. The van der Waals surface area contributed by atoms with Crippen molar-refractivity contribution in [1.29, 1.82) is 0 Å². The van der Waals surface area contributed by atoms with Gasteiger partial charge >= 0.3 is 6.18 Å². The molecule has 0 saturated carbocycles. The van der Waals surface area contributed by atoms with Gasteiger partial charge in [0.05, 0.1) is 0 Å². The SMILES string of the molecule is OC(c1ccccc1)C(OCC(F)(F)F)c1ccccc1. The van der Waals surface area contributed by atoms with Crippen molar-refractivity contribution >= 4 is 0 Å². The van der Waals surface area contributed by atoms with E-state index in [0.29, 0.717) is 11.1 Å². The van der Waals surface area contributed by atoms with E-state index in [1.807, 2.05) is 0 Å². The van der Waals surface area contributed by atoms with Gasteiger partial charge in [0.2, 0.25) is 0 Å². The summed E-state index contributed by atoms with van der Waals surface area (Å²) in [5.41, 5.74) is 1.01. The molecular formula is C16H15F3O2. The van der Waals surface area contributed by atoms with Gasteiger partial charge in [0.15, 0.2) is 0 Å². The minimum Gasteiger partial charge on any atom is -0.385 e. The Morgan fingerprint density at radius 1 is 0.857 bits per heavy atom. The lowest BCUT2D eigenvalue weighted by Crippen LogP contribution is -2.23. The molecule has 0 radical (unpaired) electrons. The summed E-state index contributed by atoms with van der Waals surface area (Å²) in [7, 11) is 0. The summed E-state index contributed by atoms with van der Waals surface area (Å²) in [6, 6.07) is 16.9. The fourth-order valence-electron chi connectivity index (χ4n) is 2.02. The van der Waals surface area contributed by atoms with E-state index >= 15 is 0 Å². The molecule has 2 unspecified atom stereocenters. The molecule has 5 heteroatoms. The van der Waals surface area contributed by atoms with E-state index in [1.54, 1.807) is 60.7 Å². The van der Waals surface area contributed by atoms with Gasteiger partial charge < -0.3 is 9.84 Å². The molecule has 2 aromatic rings. The van der Waals surface area contributed by atoms with Crippen LogP contribution in [0, 0.1) is 0 Å². The van der Waals surface area contributed by atoms with Crippen molar-refractivity contribution in [2.75, 3.05) is 6.61 Å². The van der Waals surface area contributed by atoms with Crippen LogP contribution < -0.4 is 0 Å². The molecular weight excluding hydrogens is 281 g/mol. The lowest BCUT2D eigenvalue weighted by molar-refractivity contribution is -0.197. The van der Waals surface area contributed by atoms with Crippen LogP contribution in [-0.4, -0.2) is 17.9 Å². The fourth-order valence-corrected chi connectivity index (χ4v) is 2.02. The summed E-state index contributed by atoms with van der Waals surface area (Å²) in [6.07, 6.45) is -6.69.